The predicted octanol–water partition coefficient (Wildman–Crippen LogP) is 3.39. The van der Waals surface area contributed by atoms with Gasteiger partial charge in [0.25, 0.3) is 0 Å². The van der Waals surface area contributed by atoms with Gasteiger partial charge in [-0.05, 0) is 43.2 Å². The minimum Gasteiger partial charge on any atom is -0.482 e. The molecular formula is C24H22F2N4O5S2. The molecule has 0 saturated heterocycles. The van der Waals surface area contributed by atoms with E-state index in [-0.39, 0.29) is 41.4 Å². The number of fused-ring (bicyclic) bond motifs is 1. The Morgan fingerprint density at radius 1 is 1.30 bits per heavy atom. The molecule has 5 rings (SSSR count). The van der Waals surface area contributed by atoms with Crippen LogP contribution in [0.5, 0.6) is 5.75 Å². The van der Waals surface area contributed by atoms with Gasteiger partial charge in [-0.15, -0.1) is 0 Å². The van der Waals surface area contributed by atoms with Gasteiger partial charge in [0, 0.05) is 24.2 Å². The highest BCUT2D eigenvalue weighted by molar-refractivity contribution is 8.24. The molecule has 1 aliphatic heterocycles. The lowest BCUT2D eigenvalue weighted by Crippen LogP contribution is -2.39. The molecule has 0 unspecified atom stereocenters. The molecule has 2 aliphatic rings. The first-order valence-corrected chi connectivity index (χ1v) is 13.9. The normalized spacial score (nSPS) is 24.8. The predicted molar refractivity (Wildman–Crippen MR) is 132 cm³/mol. The molecular weight excluding hydrogens is 526 g/mol. The number of rotatable bonds is 8. The number of hydrogen-bond acceptors (Lipinski definition) is 10. The van der Waals surface area contributed by atoms with Crippen LogP contribution in [0.15, 0.2) is 52.3 Å². The smallest absolute Gasteiger partial charge is 0.232 e. The lowest BCUT2D eigenvalue weighted by molar-refractivity contribution is 0.0988. The van der Waals surface area contributed by atoms with Gasteiger partial charge in [-0.2, -0.15) is 0 Å². The summed E-state index contributed by atoms with van der Waals surface area (Å²) in [7, 11) is -3.57. The molecule has 2 N–H and O–H groups in total. The highest BCUT2D eigenvalue weighted by Crippen LogP contribution is 2.68. The Morgan fingerprint density at radius 3 is 2.73 bits per heavy atom. The molecule has 1 fully saturated rings. The second-order valence-electron chi connectivity index (χ2n) is 9.17. The second-order valence-corrected chi connectivity index (χ2v) is 13.1. The van der Waals surface area contributed by atoms with Crippen molar-refractivity contribution in [3.8, 4) is 5.75 Å². The number of sulfone groups is 1. The van der Waals surface area contributed by atoms with Crippen molar-refractivity contribution in [2.75, 3.05) is 6.26 Å². The fraction of sp³-hybridized carbons (Fsp3) is 0.333. The fourth-order valence-electron chi connectivity index (χ4n) is 4.70. The van der Waals surface area contributed by atoms with Crippen molar-refractivity contribution < 1.29 is 31.1 Å². The Bertz CT molecular complexity index is 1510. The van der Waals surface area contributed by atoms with Crippen molar-refractivity contribution in [3.63, 3.8) is 0 Å². The van der Waals surface area contributed by atoms with Crippen molar-refractivity contribution in [3.05, 3.63) is 77.3 Å². The van der Waals surface area contributed by atoms with E-state index in [1.54, 1.807) is 13.0 Å². The number of nitrogens with two attached hydrogens (primary N) is 1. The lowest BCUT2D eigenvalue weighted by atomic mass is 9.85. The monoisotopic (exact) mass is 548 g/mol. The summed E-state index contributed by atoms with van der Waals surface area (Å²) in [6.45, 7) is 1.63. The number of carbonyl (C=O) groups excluding carboxylic acids is 1. The highest BCUT2D eigenvalue weighted by atomic mass is 32.3. The molecule has 1 aliphatic carbocycles. The van der Waals surface area contributed by atoms with Crippen LogP contribution < -0.4 is 10.5 Å². The van der Waals surface area contributed by atoms with Crippen LogP contribution in [0, 0.1) is 17.6 Å². The Balaban J connectivity index is 1.38. The zero-order valence-corrected chi connectivity index (χ0v) is 21.4. The first-order valence-electron chi connectivity index (χ1n) is 11.2. The SMILES string of the molecule is C[C@]1(c2cc(CC(=O)c3ccc(OCc4ncco4)cn3)cc(F)c2F)N=C(N)S[C@@]2(S(C)(=O)=O)C[C@H]21. The van der Waals surface area contributed by atoms with E-state index >= 15 is 4.39 Å². The maximum atomic E-state index is 15.1. The number of carbonyl (C=O) groups is 1. The fourth-order valence-corrected chi connectivity index (χ4v) is 7.99. The van der Waals surface area contributed by atoms with Gasteiger partial charge in [-0.25, -0.2) is 27.2 Å². The van der Waals surface area contributed by atoms with Gasteiger partial charge in [0.2, 0.25) is 5.89 Å². The van der Waals surface area contributed by atoms with E-state index < -0.39 is 42.8 Å². The quantitative estimate of drug-likeness (QED) is 0.420. The van der Waals surface area contributed by atoms with Gasteiger partial charge in [-0.3, -0.25) is 9.79 Å². The summed E-state index contributed by atoms with van der Waals surface area (Å²) in [6.07, 6.45) is 5.31. The average molecular weight is 549 g/mol. The van der Waals surface area contributed by atoms with Crippen LogP contribution in [-0.4, -0.2) is 39.7 Å². The summed E-state index contributed by atoms with van der Waals surface area (Å²) < 4.78 is 64.1. The van der Waals surface area contributed by atoms with Crippen LogP contribution in [0.2, 0.25) is 0 Å². The Kier molecular flexibility index (Phi) is 6.10. The number of hydrogen-bond donors (Lipinski definition) is 1. The Labute approximate surface area is 215 Å². The molecule has 37 heavy (non-hydrogen) atoms. The molecule has 9 nitrogen and oxygen atoms in total. The van der Waals surface area contributed by atoms with E-state index in [4.69, 9.17) is 14.9 Å². The first kappa shape index (κ1) is 25.3. The number of benzene rings is 1. The molecule has 0 spiro atoms. The molecule has 1 saturated carbocycles. The van der Waals surface area contributed by atoms with E-state index in [0.29, 0.717) is 11.6 Å². The number of Topliss-reactive ketones (excluding diaryl/α,β-unsaturated/α-hetero) is 1. The van der Waals surface area contributed by atoms with Crippen molar-refractivity contribution >= 4 is 32.6 Å². The standard InChI is InChI=1S/C24H22F2N4O5S2/c1-23(19-10-24(19,37(2,32)33)36-22(27)30-23)15-7-13(8-16(25)21(15)26)9-18(31)17-4-3-14(11-29-17)35-12-20-28-5-6-34-20/h3-8,11,19H,9-10,12H2,1-2H3,(H2,27,30)/t19-,23+,24+/m0/s1. The summed E-state index contributed by atoms with van der Waals surface area (Å²) in [4.78, 5) is 25.3. The molecule has 0 bridgehead atoms. The zero-order valence-electron chi connectivity index (χ0n) is 19.8. The average Bonchev–Trinajstić information content (AvgIpc) is 3.38. The zero-order chi connectivity index (χ0) is 26.6. The third-order valence-electron chi connectivity index (χ3n) is 6.65. The molecule has 3 aromatic rings. The van der Waals surface area contributed by atoms with E-state index in [1.165, 1.54) is 30.8 Å². The van der Waals surface area contributed by atoms with E-state index in [2.05, 4.69) is 15.0 Å². The Hall–Kier alpha value is -3.32. The van der Waals surface area contributed by atoms with Crippen molar-refractivity contribution in [2.45, 2.75) is 36.0 Å². The molecule has 0 amide bonds. The van der Waals surface area contributed by atoms with Crippen LogP contribution >= 0.6 is 11.8 Å². The molecule has 1 aromatic carbocycles. The number of aliphatic imine (C=N–C) groups is 1. The van der Waals surface area contributed by atoms with Gasteiger partial charge >= 0.3 is 0 Å². The third kappa shape index (κ3) is 4.50. The van der Waals surface area contributed by atoms with Gasteiger partial charge in [0.15, 0.2) is 39.0 Å². The number of aromatic nitrogens is 2. The van der Waals surface area contributed by atoms with E-state index in [9.17, 15) is 17.6 Å². The number of thioether (sulfide) groups is 1. The summed E-state index contributed by atoms with van der Waals surface area (Å²) in [5.41, 5.74) is 4.69. The number of oxazole rings is 1. The third-order valence-corrected chi connectivity index (χ3v) is 10.6. The van der Waals surface area contributed by atoms with E-state index in [1.807, 2.05) is 0 Å². The molecule has 2 aromatic heterocycles. The first-order chi connectivity index (χ1) is 17.4. The molecule has 3 atom stereocenters. The molecule has 194 valence electrons. The minimum absolute atomic E-state index is 0.0164. The lowest BCUT2D eigenvalue weighted by Gasteiger charge is -2.33. The Morgan fingerprint density at radius 2 is 2.08 bits per heavy atom. The van der Waals surface area contributed by atoms with Crippen molar-refractivity contribution in [2.24, 2.45) is 16.6 Å². The van der Waals surface area contributed by atoms with Gasteiger partial charge < -0.3 is 14.9 Å². The van der Waals surface area contributed by atoms with Crippen molar-refractivity contribution in [1.29, 1.82) is 0 Å². The summed E-state index contributed by atoms with van der Waals surface area (Å²) in [5, 5.41) is -0.0164. The largest absolute Gasteiger partial charge is 0.482 e. The van der Waals surface area contributed by atoms with E-state index in [0.717, 1.165) is 24.1 Å². The van der Waals surface area contributed by atoms with Crippen LogP contribution in [0.4, 0.5) is 8.78 Å². The number of amidine groups is 1. The van der Waals surface area contributed by atoms with Gasteiger partial charge in [0.1, 0.15) is 21.8 Å². The highest BCUT2D eigenvalue weighted by Gasteiger charge is 2.72. The van der Waals surface area contributed by atoms with Crippen LogP contribution in [0.25, 0.3) is 0 Å². The van der Waals surface area contributed by atoms with Gasteiger partial charge in [-0.1, -0.05) is 11.8 Å². The molecule has 0 radical (unpaired) electrons. The topological polar surface area (TPSA) is 138 Å². The summed E-state index contributed by atoms with van der Waals surface area (Å²) >= 11 is 0.935. The maximum absolute atomic E-state index is 15.1. The van der Waals surface area contributed by atoms with Crippen molar-refractivity contribution in [1.82, 2.24) is 9.97 Å². The molecule has 13 heteroatoms. The van der Waals surface area contributed by atoms with Crippen LogP contribution in [-0.2, 0) is 28.4 Å². The maximum Gasteiger partial charge on any atom is 0.232 e. The number of ketones is 1. The number of nitrogens with zero attached hydrogens (tertiary/aromatic N) is 3. The second kappa shape index (κ2) is 8.91. The summed E-state index contributed by atoms with van der Waals surface area (Å²) in [5.74, 6) is -2.57. The van der Waals surface area contributed by atoms with Crippen LogP contribution in [0.1, 0.15) is 40.9 Å². The minimum atomic E-state index is -3.57. The number of halogens is 2. The van der Waals surface area contributed by atoms with Crippen LogP contribution in [0.3, 0.4) is 0 Å². The van der Waals surface area contributed by atoms with Gasteiger partial charge in [0.05, 0.1) is 17.9 Å². The number of pyridine rings is 1. The summed E-state index contributed by atoms with van der Waals surface area (Å²) in [6, 6.07) is 5.30. The number of ether oxygens (including phenoxy) is 1. The molecule has 3 heterocycles.